The summed E-state index contributed by atoms with van der Waals surface area (Å²) < 4.78 is 23.0. The Morgan fingerprint density at radius 3 is 2.80 bits per heavy atom. The molecule has 3 aliphatic rings. The third-order valence-corrected chi connectivity index (χ3v) is 7.67. The molecule has 1 aromatic rings. The molecule has 30 heavy (non-hydrogen) atoms. The molecule has 0 bridgehead atoms. The molecule has 0 aromatic carbocycles. The van der Waals surface area contributed by atoms with Crippen molar-refractivity contribution in [3.8, 4) is 11.6 Å². The van der Waals surface area contributed by atoms with Gasteiger partial charge < -0.3 is 18.9 Å². The molecule has 0 spiro atoms. The van der Waals surface area contributed by atoms with Gasteiger partial charge in [-0.1, -0.05) is 39.8 Å². The maximum Gasteiger partial charge on any atom is 0.216 e. The van der Waals surface area contributed by atoms with Crippen LogP contribution in [0.5, 0.6) is 11.6 Å². The third-order valence-electron chi connectivity index (χ3n) is 7.67. The number of ether oxygens (including phenoxy) is 4. The Morgan fingerprint density at radius 1 is 1.23 bits per heavy atom. The van der Waals surface area contributed by atoms with Crippen molar-refractivity contribution >= 4 is 0 Å². The molecule has 0 amide bonds. The van der Waals surface area contributed by atoms with Gasteiger partial charge in [-0.25, -0.2) is 4.98 Å². The number of rotatable bonds is 5. The number of aromatic nitrogens is 1. The van der Waals surface area contributed by atoms with Crippen LogP contribution in [0.3, 0.4) is 0 Å². The monoisotopic (exact) mass is 417 g/mol. The summed E-state index contributed by atoms with van der Waals surface area (Å²) in [6.07, 6.45) is 7.61. The lowest BCUT2D eigenvalue weighted by atomic mass is 9.46. The normalized spacial score (nSPS) is 35.4. The maximum absolute atomic E-state index is 6.05. The van der Waals surface area contributed by atoms with Gasteiger partial charge >= 0.3 is 0 Å². The highest BCUT2D eigenvalue weighted by atomic mass is 16.7. The Kier molecular flexibility index (Phi) is 7.46. The number of nitrogens with zero attached hydrogens (tertiary/aromatic N) is 1. The largest absolute Gasteiger partial charge is 0.493 e. The molecular formula is C25H39NO4. The summed E-state index contributed by atoms with van der Waals surface area (Å²) in [6.45, 7) is 15.2. The summed E-state index contributed by atoms with van der Waals surface area (Å²) >= 11 is 0. The predicted octanol–water partition coefficient (Wildman–Crippen LogP) is 5.65. The van der Waals surface area contributed by atoms with Crippen LogP contribution in [0.1, 0.15) is 59.8 Å². The highest BCUT2D eigenvalue weighted by Gasteiger charge is 2.59. The first-order valence-corrected chi connectivity index (χ1v) is 11.5. The van der Waals surface area contributed by atoms with E-state index in [1.54, 1.807) is 13.3 Å². The van der Waals surface area contributed by atoms with E-state index in [-0.39, 0.29) is 10.8 Å². The van der Waals surface area contributed by atoms with Gasteiger partial charge in [0.25, 0.3) is 0 Å². The van der Waals surface area contributed by atoms with Crippen molar-refractivity contribution in [2.24, 2.45) is 22.7 Å². The molecule has 2 heterocycles. The Labute approximate surface area is 182 Å². The van der Waals surface area contributed by atoms with E-state index >= 15 is 0 Å². The second-order valence-corrected chi connectivity index (χ2v) is 9.15. The van der Waals surface area contributed by atoms with Crippen LogP contribution in [0.25, 0.3) is 0 Å². The van der Waals surface area contributed by atoms with Crippen LogP contribution < -0.4 is 9.47 Å². The summed E-state index contributed by atoms with van der Waals surface area (Å²) in [7, 11) is 1.62. The highest BCUT2D eigenvalue weighted by molar-refractivity contribution is 5.26. The van der Waals surface area contributed by atoms with Crippen molar-refractivity contribution in [1.82, 2.24) is 4.98 Å². The molecular weight excluding hydrogens is 378 g/mol. The van der Waals surface area contributed by atoms with Crippen LogP contribution in [0.2, 0.25) is 0 Å². The van der Waals surface area contributed by atoms with Crippen molar-refractivity contribution in [3.05, 3.63) is 30.5 Å². The number of pyridine rings is 1. The lowest BCUT2D eigenvalue weighted by Gasteiger charge is -2.62. The predicted molar refractivity (Wildman–Crippen MR) is 119 cm³/mol. The van der Waals surface area contributed by atoms with Gasteiger partial charge in [0.1, 0.15) is 12.5 Å². The van der Waals surface area contributed by atoms with Crippen molar-refractivity contribution < 1.29 is 18.9 Å². The molecule has 4 unspecified atom stereocenters. The second-order valence-electron chi connectivity index (χ2n) is 9.15. The number of methoxy groups -OCH3 is 1. The first kappa shape index (κ1) is 23.1. The van der Waals surface area contributed by atoms with Crippen LogP contribution in [-0.4, -0.2) is 38.2 Å². The third kappa shape index (κ3) is 4.24. The molecule has 0 radical (unpaired) electrons. The fraction of sp³-hybridized carbons (Fsp3) is 0.720. The molecule has 0 N–H and O–H groups in total. The van der Waals surface area contributed by atoms with Crippen molar-refractivity contribution in [2.75, 3.05) is 27.1 Å². The van der Waals surface area contributed by atoms with Crippen LogP contribution in [0.15, 0.2) is 30.5 Å². The summed E-state index contributed by atoms with van der Waals surface area (Å²) in [5, 5.41) is 0. The van der Waals surface area contributed by atoms with Gasteiger partial charge in [0, 0.05) is 17.7 Å². The van der Waals surface area contributed by atoms with Crippen LogP contribution in [-0.2, 0) is 9.47 Å². The molecule has 1 saturated heterocycles. The topological polar surface area (TPSA) is 49.8 Å². The second kappa shape index (κ2) is 9.69. The minimum atomic E-state index is 0.101. The summed E-state index contributed by atoms with van der Waals surface area (Å²) in [5.74, 6) is 2.44. The van der Waals surface area contributed by atoms with E-state index in [1.165, 1.54) is 18.4 Å². The number of allylic oxidation sites excluding steroid dienone is 1. The molecule has 168 valence electrons. The molecule has 4 rings (SSSR count). The molecule has 2 aliphatic carbocycles. The van der Waals surface area contributed by atoms with E-state index < -0.39 is 0 Å². The van der Waals surface area contributed by atoms with Gasteiger partial charge in [-0.3, -0.25) is 0 Å². The minimum absolute atomic E-state index is 0.101. The SMILES string of the molecule is C=C1CCC2C(C)(CCC3OCOC[C@]32C)C1CCOc1ccnc(OC)c1.CC. The number of hydrogen-bond acceptors (Lipinski definition) is 5. The van der Waals surface area contributed by atoms with E-state index in [1.807, 2.05) is 26.0 Å². The summed E-state index contributed by atoms with van der Waals surface area (Å²) in [6, 6.07) is 3.72. The Morgan fingerprint density at radius 2 is 2.03 bits per heavy atom. The lowest BCUT2D eigenvalue weighted by molar-refractivity contribution is -0.260. The van der Waals surface area contributed by atoms with Crippen LogP contribution >= 0.6 is 0 Å². The van der Waals surface area contributed by atoms with E-state index in [9.17, 15) is 0 Å². The van der Waals surface area contributed by atoms with E-state index in [0.717, 1.165) is 31.6 Å². The van der Waals surface area contributed by atoms with E-state index in [4.69, 9.17) is 18.9 Å². The Hall–Kier alpha value is -1.59. The van der Waals surface area contributed by atoms with Gasteiger partial charge in [0.2, 0.25) is 5.88 Å². The van der Waals surface area contributed by atoms with Crippen molar-refractivity contribution in [3.63, 3.8) is 0 Å². The zero-order valence-electron chi connectivity index (χ0n) is 19.4. The van der Waals surface area contributed by atoms with Crippen molar-refractivity contribution in [2.45, 2.75) is 65.9 Å². The smallest absolute Gasteiger partial charge is 0.216 e. The molecule has 5 atom stereocenters. The van der Waals surface area contributed by atoms with E-state index in [2.05, 4.69) is 25.4 Å². The molecule has 3 fully saturated rings. The fourth-order valence-corrected chi connectivity index (χ4v) is 6.25. The van der Waals surface area contributed by atoms with Gasteiger partial charge in [-0.2, -0.15) is 0 Å². The first-order valence-electron chi connectivity index (χ1n) is 11.5. The number of fused-ring (bicyclic) bond motifs is 3. The molecule has 5 nitrogen and oxygen atoms in total. The Bertz CT molecular complexity index is 723. The molecule has 2 saturated carbocycles. The maximum atomic E-state index is 6.05. The number of hydrogen-bond donors (Lipinski definition) is 0. The first-order chi connectivity index (χ1) is 14.5. The van der Waals surface area contributed by atoms with Crippen molar-refractivity contribution in [1.29, 1.82) is 0 Å². The average molecular weight is 418 g/mol. The fourth-order valence-electron chi connectivity index (χ4n) is 6.25. The van der Waals surface area contributed by atoms with Gasteiger partial charge in [-0.05, 0) is 55.4 Å². The van der Waals surface area contributed by atoms with Gasteiger partial charge in [-0.15, -0.1) is 0 Å². The lowest BCUT2D eigenvalue weighted by Crippen LogP contribution is -2.60. The standard InChI is InChI=1S/C23H33NO4.C2H6/c1-16-5-6-19-22(2,10-7-20-23(19,3)14-26-15-28-20)18(16)9-12-27-17-8-11-24-21(13-17)25-4;1-2/h8,11,13,18-20H,1,5-7,9-10,12,14-15H2,2-4H3;1-2H3/t18?,19?,20?,22?,23-;/m0./s1. The summed E-state index contributed by atoms with van der Waals surface area (Å²) in [4.78, 5) is 4.14. The zero-order valence-corrected chi connectivity index (χ0v) is 19.4. The highest BCUT2D eigenvalue weighted by Crippen LogP contribution is 2.62. The molecule has 1 aliphatic heterocycles. The molecule has 5 heteroatoms. The zero-order chi connectivity index (χ0) is 21.8. The Balaban J connectivity index is 0.00000124. The summed E-state index contributed by atoms with van der Waals surface area (Å²) in [5.41, 5.74) is 1.71. The van der Waals surface area contributed by atoms with Gasteiger partial charge in [0.05, 0.1) is 26.4 Å². The van der Waals surface area contributed by atoms with Gasteiger partial charge in [0.15, 0.2) is 0 Å². The average Bonchev–Trinajstić information content (AvgIpc) is 2.76. The van der Waals surface area contributed by atoms with Crippen LogP contribution in [0, 0.1) is 22.7 Å². The quantitative estimate of drug-likeness (QED) is 0.580. The minimum Gasteiger partial charge on any atom is -0.493 e. The molecule has 1 aromatic heterocycles. The van der Waals surface area contributed by atoms with Crippen LogP contribution in [0.4, 0.5) is 0 Å². The van der Waals surface area contributed by atoms with E-state index in [0.29, 0.717) is 37.2 Å².